The van der Waals surface area contributed by atoms with Gasteiger partial charge in [-0.15, -0.1) is 0 Å². The lowest BCUT2D eigenvalue weighted by molar-refractivity contribution is -0.136. The predicted molar refractivity (Wildman–Crippen MR) is 127 cm³/mol. The second-order valence-corrected chi connectivity index (χ2v) is 8.05. The summed E-state index contributed by atoms with van der Waals surface area (Å²) in [6.45, 7) is 0.202. The molecule has 33 heavy (non-hydrogen) atoms. The Morgan fingerprint density at radius 2 is 1.61 bits per heavy atom. The van der Waals surface area contributed by atoms with Crippen molar-refractivity contribution >= 4 is 40.9 Å². The molecule has 1 unspecified atom stereocenters. The van der Waals surface area contributed by atoms with Gasteiger partial charge in [0.05, 0.1) is 24.4 Å². The number of halogens is 2. The molecule has 2 amide bonds. The number of rotatable bonds is 6. The molecule has 3 aromatic rings. The molecule has 0 radical (unpaired) electrons. The minimum atomic E-state index is -0.700. The molecular formula is C25H20Cl2N2O4. The summed E-state index contributed by atoms with van der Waals surface area (Å²) < 4.78 is 10.9. The van der Waals surface area contributed by atoms with Crippen LogP contribution in [0.1, 0.15) is 22.7 Å². The lowest BCUT2D eigenvalue weighted by Gasteiger charge is -2.29. The Bertz CT molecular complexity index is 1190. The summed E-state index contributed by atoms with van der Waals surface area (Å²) in [5.41, 5.74) is 2.81. The van der Waals surface area contributed by atoms with E-state index in [4.69, 9.17) is 32.7 Å². The van der Waals surface area contributed by atoms with Gasteiger partial charge in [-0.1, -0.05) is 71.7 Å². The van der Waals surface area contributed by atoms with E-state index in [2.05, 4.69) is 10.6 Å². The maximum atomic E-state index is 12.7. The highest BCUT2D eigenvalue weighted by Crippen LogP contribution is 2.33. The standard InChI is InChI=1S/C25H20Cl2N2O4/c1-32-24(30)21-22(15-6-3-2-4-7-15)28-25(31)29-23(21)16-10-12-17(13-11-16)33-14-18-19(26)8-5-9-20(18)27/h2-13,23H,14H2,1H3,(H2,28,29,31). The lowest BCUT2D eigenvalue weighted by atomic mass is 9.92. The highest BCUT2D eigenvalue weighted by atomic mass is 35.5. The van der Waals surface area contributed by atoms with Crippen LogP contribution in [0.4, 0.5) is 4.79 Å². The summed E-state index contributed by atoms with van der Waals surface area (Å²) >= 11 is 12.4. The second kappa shape index (κ2) is 9.98. The molecule has 0 saturated heterocycles. The molecule has 3 aromatic carbocycles. The summed E-state index contributed by atoms with van der Waals surface area (Å²) in [6.07, 6.45) is 0. The van der Waals surface area contributed by atoms with Crippen LogP contribution in [-0.2, 0) is 16.1 Å². The number of carbonyl (C=O) groups excluding carboxylic acids is 2. The first-order valence-corrected chi connectivity index (χ1v) is 10.8. The quantitative estimate of drug-likeness (QED) is 0.454. The van der Waals surface area contributed by atoms with Gasteiger partial charge in [-0.05, 0) is 35.4 Å². The maximum absolute atomic E-state index is 12.7. The average molecular weight is 483 g/mol. The number of ether oxygens (including phenoxy) is 2. The fourth-order valence-electron chi connectivity index (χ4n) is 3.56. The third-order valence-electron chi connectivity index (χ3n) is 5.20. The van der Waals surface area contributed by atoms with Crippen LogP contribution in [0.25, 0.3) is 5.70 Å². The van der Waals surface area contributed by atoms with Crippen molar-refractivity contribution in [2.45, 2.75) is 12.6 Å². The molecule has 8 heteroatoms. The molecule has 0 bridgehead atoms. The number of urea groups is 1. The molecular weight excluding hydrogens is 463 g/mol. The van der Waals surface area contributed by atoms with Gasteiger partial charge >= 0.3 is 12.0 Å². The van der Waals surface area contributed by atoms with Gasteiger partial charge in [-0.2, -0.15) is 0 Å². The van der Waals surface area contributed by atoms with Gasteiger partial charge in [0, 0.05) is 15.6 Å². The van der Waals surface area contributed by atoms with Gasteiger partial charge in [0.1, 0.15) is 12.4 Å². The fourth-order valence-corrected chi connectivity index (χ4v) is 4.07. The van der Waals surface area contributed by atoms with Crippen molar-refractivity contribution in [1.82, 2.24) is 10.6 Å². The van der Waals surface area contributed by atoms with Gasteiger partial charge in [0.2, 0.25) is 0 Å². The molecule has 2 N–H and O–H groups in total. The molecule has 0 aliphatic carbocycles. The molecule has 1 atom stereocenters. The van der Waals surface area contributed by atoms with E-state index in [0.29, 0.717) is 43.8 Å². The molecule has 0 spiro atoms. The summed E-state index contributed by atoms with van der Waals surface area (Å²) in [6, 6.07) is 20.4. The number of amides is 2. The Morgan fingerprint density at radius 3 is 2.24 bits per heavy atom. The van der Waals surface area contributed by atoms with Gasteiger partial charge in [0.25, 0.3) is 0 Å². The molecule has 0 aromatic heterocycles. The average Bonchev–Trinajstić information content (AvgIpc) is 2.83. The van der Waals surface area contributed by atoms with E-state index in [1.54, 1.807) is 42.5 Å². The smallest absolute Gasteiger partial charge is 0.338 e. The normalized spacial score (nSPS) is 15.5. The van der Waals surface area contributed by atoms with Crippen LogP contribution in [0.2, 0.25) is 10.0 Å². The predicted octanol–water partition coefficient (Wildman–Crippen LogP) is 5.51. The number of carbonyl (C=O) groups is 2. The van der Waals surface area contributed by atoms with Crippen molar-refractivity contribution in [3.63, 3.8) is 0 Å². The Kier molecular flexibility index (Phi) is 6.87. The third kappa shape index (κ3) is 4.97. The summed E-state index contributed by atoms with van der Waals surface area (Å²) in [4.78, 5) is 25.1. The maximum Gasteiger partial charge on any atom is 0.338 e. The van der Waals surface area contributed by atoms with E-state index in [9.17, 15) is 9.59 Å². The SMILES string of the molecule is COC(=O)C1=C(c2ccccc2)NC(=O)NC1c1ccc(OCc2c(Cl)cccc2Cl)cc1. The molecule has 4 rings (SSSR count). The monoisotopic (exact) mass is 482 g/mol. The van der Waals surface area contributed by atoms with Crippen LogP contribution < -0.4 is 15.4 Å². The second-order valence-electron chi connectivity index (χ2n) is 7.24. The van der Waals surface area contributed by atoms with E-state index in [1.807, 2.05) is 30.3 Å². The number of nitrogens with one attached hydrogen (secondary N) is 2. The minimum Gasteiger partial charge on any atom is -0.489 e. The molecule has 1 aliphatic heterocycles. The number of benzene rings is 3. The van der Waals surface area contributed by atoms with E-state index in [1.165, 1.54) is 7.11 Å². The highest BCUT2D eigenvalue weighted by molar-refractivity contribution is 6.35. The number of esters is 1. The van der Waals surface area contributed by atoms with E-state index in [-0.39, 0.29) is 6.61 Å². The summed E-state index contributed by atoms with van der Waals surface area (Å²) in [7, 11) is 1.31. The van der Waals surface area contributed by atoms with Crippen LogP contribution in [0.5, 0.6) is 5.75 Å². The third-order valence-corrected chi connectivity index (χ3v) is 5.91. The summed E-state index contributed by atoms with van der Waals surface area (Å²) in [5, 5.41) is 6.59. The van der Waals surface area contributed by atoms with Crippen LogP contribution in [0.15, 0.2) is 78.4 Å². The highest BCUT2D eigenvalue weighted by Gasteiger charge is 2.34. The Hall–Kier alpha value is -3.48. The van der Waals surface area contributed by atoms with Crippen LogP contribution in [0.3, 0.4) is 0 Å². The summed E-state index contributed by atoms with van der Waals surface area (Å²) in [5.74, 6) is 0.0434. The fraction of sp³-hybridized carbons (Fsp3) is 0.120. The first-order chi connectivity index (χ1) is 16.0. The van der Waals surface area contributed by atoms with E-state index in [0.717, 1.165) is 0 Å². The number of methoxy groups -OCH3 is 1. The Balaban J connectivity index is 1.63. The topological polar surface area (TPSA) is 76.7 Å². The molecule has 168 valence electrons. The number of hydrogen-bond donors (Lipinski definition) is 2. The molecule has 0 saturated carbocycles. The van der Waals surface area contributed by atoms with Crippen molar-refractivity contribution in [3.8, 4) is 5.75 Å². The minimum absolute atomic E-state index is 0.202. The van der Waals surface area contributed by atoms with Crippen molar-refractivity contribution < 1.29 is 19.1 Å². The zero-order valence-electron chi connectivity index (χ0n) is 17.6. The lowest BCUT2D eigenvalue weighted by Crippen LogP contribution is -2.45. The van der Waals surface area contributed by atoms with E-state index < -0.39 is 18.0 Å². The molecule has 1 aliphatic rings. The van der Waals surface area contributed by atoms with Crippen molar-refractivity contribution in [1.29, 1.82) is 0 Å². The van der Waals surface area contributed by atoms with Crippen molar-refractivity contribution in [2.24, 2.45) is 0 Å². The zero-order valence-corrected chi connectivity index (χ0v) is 19.1. The Morgan fingerprint density at radius 1 is 0.939 bits per heavy atom. The largest absolute Gasteiger partial charge is 0.489 e. The molecule has 0 fully saturated rings. The zero-order chi connectivity index (χ0) is 23.4. The Labute approximate surface area is 201 Å². The van der Waals surface area contributed by atoms with Crippen molar-refractivity contribution in [3.05, 3.63) is 105 Å². The first kappa shape index (κ1) is 22.7. The van der Waals surface area contributed by atoms with Crippen LogP contribution in [-0.4, -0.2) is 19.1 Å². The van der Waals surface area contributed by atoms with Gasteiger partial charge in [0.15, 0.2) is 0 Å². The first-order valence-electron chi connectivity index (χ1n) is 10.1. The van der Waals surface area contributed by atoms with Crippen LogP contribution in [0, 0.1) is 0 Å². The van der Waals surface area contributed by atoms with Crippen molar-refractivity contribution in [2.75, 3.05) is 7.11 Å². The van der Waals surface area contributed by atoms with Gasteiger partial charge in [-0.25, -0.2) is 9.59 Å². The molecule has 6 nitrogen and oxygen atoms in total. The molecule has 1 heterocycles. The number of hydrogen-bond acceptors (Lipinski definition) is 4. The van der Waals surface area contributed by atoms with Gasteiger partial charge in [-0.3, -0.25) is 0 Å². The van der Waals surface area contributed by atoms with Gasteiger partial charge < -0.3 is 20.1 Å². The van der Waals surface area contributed by atoms with Crippen LogP contribution >= 0.6 is 23.2 Å². The van der Waals surface area contributed by atoms with E-state index >= 15 is 0 Å².